The summed E-state index contributed by atoms with van der Waals surface area (Å²) in [5.41, 5.74) is 17.1. The van der Waals surface area contributed by atoms with Crippen molar-refractivity contribution in [2.45, 2.75) is 5.41 Å². The molecule has 2 heterocycles. The Kier molecular flexibility index (Phi) is 8.34. The Morgan fingerprint density at radius 3 is 1.64 bits per heavy atom. The molecule has 0 bridgehead atoms. The molecule has 300 valence electrons. The van der Waals surface area contributed by atoms with Gasteiger partial charge in [0.1, 0.15) is 11.2 Å². The Morgan fingerprint density at radius 1 is 0.359 bits per heavy atom. The van der Waals surface area contributed by atoms with Crippen LogP contribution >= 0.6 is 11.3 Å². The Hall–Kier alpha value is -7.98. The highest BCUT2D eigenvalue weighted by Crippen LogP contribution is 2.60. The lowest BCUT2D eigenvalue weighted by molar-refractivity contribution is 0.670. The molecule has 1 aliphatic rings. The molecule has 0 atom stereocenters. The summed E-state index contributed by atoms with van der Waals surface area (Å²) in [6.07, 6.45) is 0. The fourth-order valence-corrected chi connectivity index (χ4v) is 11.9. The maximum absolute atomic E-state index is 6.49. The van der Waals surface area contributed by atoms with Gasteiger partial charge < -0.3 is 9.32 Å². The van der Waals surface area contributed by atoms with Crippen molar-refractivity contribution in [2.24, 2.45) is 0 Å². The molecular weight excluding hydrogens is 795 g/mol. The summed E-state index contributed by atoms with van der Waals surface area (Å²) in [5, 5.41) is 4.81. The van der Waals surface area contributed by atoms with Crippen LogP contribution in [0.4, 0.5) is 17.1 Å². The normalized spacial score (nSPS) is 12.8. The van der Waals surface area contributed by atoms with Crippen molar-refractivity contribution in [2.75, 3.05) is 4.90 Å². The smallest absolute Gasteiger partial charge is 0.143 e. The second-order valence-corrected chi connectivity index (χ2v) is 17.7. The fourth-order valence-electron chi connectivity index (χ4n) is 10.6. The summed E-state index contributed by atoms with van der Waals surface area (Å²) < 4.78 is 9.05. The van der Waals surface area contributed by atoms with E-state index in [2.05, 4.69) is 229 Å². The topological polar surface area (TPSA) is 16.4 Å². The third-order valence-corrected chi connectivity index (χ3v) is 14.6. The molecule has 0 unspecified atom stereocenters. The number of fused-ring (bicyclic) bond motifs is 10. The van der Waals surface area contributed by atoms with Crippen molar-refractivity contribution < 1.29 is 4.42 Å². The van der Waals surface area contributed by atoms with Gasteiger partial charge in [0.2, 0.25) is 0 Å². The van der Waals surface area contributed by atoms with E-state index in [4.69, 9.17) is 4.42 Å². The molecule has 0 amide bonds. The van der Waals surface area contributed by atoms with Gasteiger partial charge in [0.15, 0.2) is 0 Å². The van der Waals surface area contributed by atoms with Crippen LogP contribution in [0.5, 0.6) is 0 Å². The number of furan rings is 1. The summed E-state index contributed by atoms with van der Waals surface area (Å²) in [7, 11) is 0. The average molecular weight is 834 g/mol. The van der Waals surface area contributed by atoms with E-state index in [0.29, 0.717) is 0 Å². The Balaban J connectivity index is 1.02. The van der Waals surface area contributed by atoms with Crippen LogP contribution in [-0.4, -0.2) is 0 Å². The third kappa shape index (κ3) is 5.44. The zero-order valence-electron chi connectivity index (χ0n) is 34.8. The first-order valence-electron chi connectivity index (χ1n) is 21.9. The molecule has 13 rings (SSSR count). The highest BCUT2D eigenvalue weighted by Gasteiger charge is 2.46. The van der Waals surface area contributed by atoms with E-state index in [1.807, 2.05) is 23.5 Å². The molecule has 3 heteroatoms. The molecule has 0 aliphatic heterocycles. The Morgan fingerprint density at radius 2 is 0.906 bits per heavy atom. The zero-order valence-corrected chi connectivity index (χ0v) is 35.6. The quantitative estimate of drug-likeness (QED) is 0.159. The van der Waals surface area contributed by atoms with Crippen LogP contribution in [0.15, 0.2) is 241 Å². The largest absolute Gasteiger partial charge is 0.455 e. The Labute approximate surface area is 375 Å². The van der Waals surface area contributed by atoms with E-state index in [0.717, 1.165) is 50.1 Å². The molecule has 0 fully saturated rings. The van der Waals surface area contributed by atoms with Gasteiger partial charge in [0.25, 0.3) is 0 Å². The first kappa shape index (κ1) is 36.7. The molecule has 2 nitrogen and oxygen atoms in total. The number of hydrogen-bond donors (Lipinski definition) is 0. The molecule has 12 aromatic rings. The summed E-state index contributed by atoms with van der Waals surface area (Å²) in [6, 6.07) is 86.3. The molecule has 10 aromatic carbocycles. The highest BCUT2D eigenvalue weighted by molar-refractivity contribution is 7.27. The fraction of sp³-hybridized carbons (Fsp3) is 0.0164. The highest BCUT2D eigenvalue weighted by atomic mass is 32.1. The first-order valence-corrected chi connectivity index (χ1v) is 22.7. The standard InChI is InChI=1S/C61H39NOS/c1-4-16-40(17-5-1)41-30-34-45(35-31-41)62(46-36-32-42(33-37-46)47-24-14-25-49-48-22-11-13-29-56(48)63-58(47)49)55-28-15-26-50-51-38-39-54-57(60(51)64-59(50)55)52-23-10-12-27-53(52)61(54,43-18-6-2-7-19-43)44-20-8-3-9-21-44/h1-39H. The number of hydrogen-bond acceptors (Lipinski definition) is 3. The van der Waals surface area contributed by atoms with E-state index in [-0.39, 0.29) is 0 Å². The number of benzene rings is 10. The van der Waals surface area contributed by atoms with E-state index in [1.54, 1.807) is 0 Å². The van der Waals surface area contributed by atoms with Gasteiger partial charge in [-0.1, -0.05) is 200 Å². The van der Waals surface area contributed by atoms with Crippen molar-refractivity contribution in [1.82, 2.24) is 0 Å². The molecule has 0 saturated carbocycles. The second-order valence-electron chi connectivity index (χ2n) is 16.7. The molecule has 0 spiro atoms. The predicted octanol–water partition coefficient (Wildman–Crippen LogP) is 17.1. The van der Waals surface area contributed by atoms with Gasteiger partial charge in [-0.05, 0) is 80.9 Å². The van der Waals surface area contributed by atoms with Crippen molar-refractivity contribution in [1.29, 1.82) is 0 Å². The minimum atomic E-state index is -0.456. The minimum absolute atomic E-state index is 0.456. The van der Waals surface area contributed by atoms with Gasteiger partial charge in [-0.3, -0.25) is 0 Å². The van der Waals surface area contributed by atoms with Crippen LogP contribution in [0.25, 0.3) is 75.5 Å². The molecular formula is C61H39NOS. The van der Waals surface area contributed by atoms with Gasteiger partial charge in [-0.15, -0.1) is 11.3 Å². The van der Waals surface area contributed by atoms with Crippen LogP contribution in [0.1, 0.15) is 22.3 Å². The van der Waals surface area contributed by atoms with Gasteiger partial charge >= 0.3 is 0 Å². The molecule has 0 N–H and O–H groups in total. The van der Waals surface area contributed by atoms with Crippen molar-refractivity contribution >= 4 is 70.5 Å². The number of rotatable bonds is 7. The monoisotopic (exact) mass is 833 g/mol. The summed E-state index contributed by atoms with van der Waals surface area (Å²) in [6.45, 7) is 0. The summed E-state index contributed by atoms with van der Waals surface area (Å²) in [5.74, 6) is 0. The lowest BCUT2D eigenvalue weighted by Gasteiger charge is -2.33. The minimum Gasteiger partial charge on any atom is -0.455 e. The molecule has 1 aliphatic carbocycles. The molecule has 0 saturated heterocycles. The van der Waals surface area contributed by atoms with Crippen LogP contribution in [0.3, 0.4) is 0 Å². The SMILES string of the molecule is c1ccc(-c2ccc(N(c3ccc(-c4cccc5c4oc4ccccc45)cc3)c3cccc4c3sc3c5c(ccc34)C(c3ccccc3)(c3ccccc3)c3ccccc3-5)cc2)cc1. The lowest BCUT2D eigenvalue weighted by atomic mass is 9.68. The summed E-state index contributed by atoms with van der Waals surface area (Å²) >= 11 is 1.92. The van der Waals surface area contributed by atoms with Gasteiger partial charge in [0, 0.05) is 48.7 Å². The number of nitrogens with zero attached hydrogens (tertiary/aromatic N) is 1. The maximum atomic E-state index is 6.49. The maximum Gasteiger partial charge on any atom is 0.143 e. The Bertz CT molecular complexity index is 3660. The van der Waals surface area contributed by atoms with E-state index < -0.39 is 5.41 Å². The van der Waals surface area contributed by atoms with Crippen LogP contribution in [0, 0.1) is 0 Å². The van der Waals surface area contributed by atoms with Gasteiger partial charge in [-0.2, -0.15) is 0 Å². The molecule has 0 radical (unpaired) electrons. The first-order chi connectivity index (χ1) is 31.8. The van der Waals surface area contributed by atoms with Crippen molar-refractivity contribution in [3.8, 4) is 33.4 Å². The van der Waals surface area contributed by atoms with Crippen LogP contribution in [-0.2, 0) is 5.41 Å². The number of thiophene rings is 1. The van der Waals surface area contributed by atoms with Crippen LogP contribution in [0.2, 0.25) is 0 Å². The van der Waals surface area contributed by atoms with Gasteiger partial charge in [-0.25, -0.2) is 0 Å². The average Bonchev–Trinajstić information content (AvgIpc) is 4.04. The zero-order chi connectivity index (χ0) is 42.2. The lowest BCUT2D eigenvalue weighted by Crippen LogP contribution is -2.28. The van der Waals surface area contributed by atoms with E-state index >= 15 is 0 Å². The van der Waals surface area contributed by atoms with Crippen LogP contribution < -0.4 is 4.90 Å². The van der Waals surface area contributed by atoms with Crippen molar-refractivity contribution in [3.05, 3.63) is 259 Å². The molecule has 64 heavy (non-hydrogen) atoms. The third-order valence-electron chi connectivity index (χ3n) is 13.4. The number of para-hydroxylation sites is 2. The van der Waals surface area contributed by atoms with E-state index in [9.17, 15) is 0 Å². The van der Waals surface area contributed by atoms with Gasteiger partial charge in [0.05, 0.1) is 15.8 Å². The number of anilines is 3. The predicted molar refractivity (Wildman–Crippen MR) is 269 cm³/mol. The summed E-state index contributed by atoms with van der Waals surface area (Å²) in [4.78, 5) is 2.43. The van der Waals surface area contributed by atoms with Crippen molar-refractivity contribution in [3.63, 3.8) is 0 Å². The molecule has 2 aromatic heterocycles. The van der Waals surface area contributed by atoms with E-state index in [1.165, 1.54) is 64.7 Å². The second kappa shape index (κ2) is 14.6.